The zero-order valence-electron chi connectivity index (χ0n) is 18.6. The molecule has 3 aromatic carbocycles. The fourth-order valence-electron chi connectivity index (χ4n) is 4.02. The van der Waals surface area contributed by atoms with E-state index in [0.29, 0.717) is 16.9 Å². The van der Waals surface area contributed by atoms with E-state index in [1.165, 1.54) is 11.1 Å². The number of pyridine rings is 2. The Hall–Kier alpha value is -3.98. The normalized spacial score (nSPS) is 10.8. The van der Waals surface area contributed by atoms with E-state index < -0.39 is 0 Å². The van der Waals surface area contributed by atoms with Crippen LogP contribution in [0.1, 0.15) is 21.5 Å². The molecule has 0 spiro atoms. The summed E-state index contributed by atoms with van der Waals surface area (Å²) in [6.45, 7) is 0. The van der Waals surface area contributed by atoms with Gasteiger partial charge in [0.2, 0.25) is 0 Å². The Kier molecular flexibility index (Phi) is 6.58. The number of hydrogen-bond donors (Lipinski definition) is 2. The summed E-state index contributed by atoms with van der Waals surface area (Å²) in [5.74, 6) is -0.217. The van der Waals surface area contributed by atoms with Gasteiger partial charge in [0.1, 0.15) is 0 Å². The van der Waals surface area contributed by atoms with Crippen LogP contribution in [-0.4, -0.2) is 15.9 Å². The number of carbonyl (C=O) groups excluding carboxylic acids is 1. The van der Waals surface area contributed by atoms with Gasteiger partial charge in [-0.3, -0.25) is 14.8 Å². The molecule has 0 fully saturated rings. The van der Waals surface area contributed by atoms with Crippen molar-refractivity contribution in [1.82, 2.24) is 9.97 Å². The number of carbonyl (C=O) groups is 1. The Morgan fingerprint density at radius 1 is 0.914 bits per heavy atom. The second-order valence-electron chi connectivity index (χ2n) is 8.06. The van der Waals surface area contributed by atoms with Crippen molar-refractivity contribution in [2.75, 3.05) is 5.32 Å². The molecule has 1 amide bonds. The second-order valence-corrected chi connectivity index (χ2v) is 9.23. The van der Waals surface area contributed by atoms with E-state index in [9.17, 15) is 4.79 Å². The number of amides is 1. The van der Waals surface area contributed by atoms with Crippen LogP contribution in [0.15, 0.2) is 103 Å². The van der Waals surface area contributed by atoms with Crippen molar-refractivity contribution in [3.8, 4) is 11.1 Å². The van der Waals surface area contributed by atoms with Crippen molar-refractivity contribution in [1.29, 1.82) is 5.53 Å². The molecule has 5 rings (SSSR count). The van der Waals surface area contributed by atoms with Crippen molar-refractivity contribution in [3.63, 3.8) is 0 Å². The van der Waals surface area contributed by atoms with E-state index in [0.717, 1.165) is 32.0 Å². The third kappa shape index (κ3) is 5.09. The Balaban J connectivity index is 1.49. The monoisotopic (exact) mass is 569 g/mol. The maximum absolute atomic E-state index is 12.9. The number of fused-ring (bicyclic) bond motifs is 1. The summed E-state index contributed by atoms with van der Waals surface area (Å²) in [5, 5.41) is 7.52. The molecule has 0 aliphatic carbocycles. The molecular weight excluding hydrogens is 549 g/mol. The van der Waals surface area contributed by atoms with Crippen LogP contribution < -0.4 is 5.32 Å². The molecule has 6 nitrogen and oxygen atoms in total. The molecule has 35 heavy (non-hydrogen) atoms. The van der Waals surface area contributed by atoms with Gasteiger partial charge in [-0.2, -0.15) is 5.11 Å². The van der Waals surface area contributed by atoms with Crippen molar-refractivity contribution in [2.24, 2.45) is 5.11 Å². The highest BCUT2D eigenvalue weighted by atomic mass is 127. The zero-order chi connectivity index (χ0) is 24.2. The zero-order valence-corrected chi connectivity index (χ0v) is 20.7. The minimum absolute atomic E-state index is 0.217. The topological polar surface area (TPSA) is 91.1 Å². The number of rotatable bonds is 6. The summed E-state index contributed by atoms with van der Waals surface area (Å²) < 4.78 is 0.752. The number of benzene rings is 3. The highest BCUT2D eigenvalue weighted by Gasteiger charge is 2.12. The third-order valence-electron chi connectivity index (χ3n) is 5.68. The van der Waals surface area contributed by atoms with E-state index >= 15 is 0 Å². The van der Waals surface area contributed by atoms with Gasteiger partial charge in [0.15, 0.2) is 0 Å². The molecule has 5 aromatic rings. The molecule has 7 heteroatoms. The lowest BCUT2D eigenvalue weighted by molar-refractivity contribution is 0.102. The van der Waals surface area contributed by atoms with Crippen LogP contribution in [-0.2, 0) is 6.42 Å². The minimum atomic E-state index is -0.217. The van der Waals surface area contributed by atoms with Gasteiger partial charge in [0.05, 0.1) is 11.2 Å². The van der Waals surface area contributed by atoms with Crippen LogP contribution in [0.5, 0.6) is 0 Å². The molecular formula is C28H20IN5O. The van der Waals surface area contributed by atoms with E-state index in [-0.39, 0.29) is 5.91 Å². The van der Waals surface area contributed by atoms with Crippen molar-refractivity contribution < 1.29 is 4.79 Å². The Morgan fingerprint density at radius 2 is 1.77 bits per heavy atom. The quantitative estimate of drug-likeness (QED) is 0.165. The molecule has 2 aromatic heterocycles. The first-order valence-electron chi connectivity index (χ1n) is 11.0. The lowest BCUT2D eigenvalue weighted by atomic mass is 9.96. The molecule has 0 aliphatic heterocycles. The highest BCUT2D eigenvalue weighted by Crippen LogP contribution is 2.31. The number of aromatic nitrogens is 2. The lowest BCUT2D eigenvalue weighted by Gasteiger charge is -2.12. The summed E-state index contributed by atoms with van der Waals surface area (Å²) in [6.07, 6.45) is 6.20. The summed E-state index contributed by atoms with van der Waals surface area (Å²) in [5.41, 5.74) is 14.2. The molecule has 0 radical (unpaired) electrons. The van der Waals surface area contributed by atoms with Crippen LogP contribution in [0.3, 0.4) is 0 Å². The maximum Gasteiger partial charge on any atom is 0.255 e. The summed E-state index contributed by atoms with van der Waals surface area (Å²) in [4.78, 5) is 21.6. The van der Waals surface area contributed by atoms with Crippen LogP contribution in [0, 0.1) is 9.10 Å². The van der Waals surface area contributed by atoms with Gasteiger partial charge in [-0.15, -0.1) is 0 Å². The molecule has 0 bridgehead atoms. The fourth-order valence-corrected chi connectivity index (χ4v) is 4.66. The van der Waals surface area contributed by atoms with E-state index in [2.05, 4.69) is 61.2 Å². The minimum Gasteiger partial charge on any atom is -0.322 e. The third-order valence-corrected chi connectivity index (χ3v) is 6.55. The predicted octanol–water partition coefficient (Wildman–Crippen LogP) is 7.41. The van der Waals surface area contributed by atoms with E-state index in [4.69, 9.17) is 5.53 Å². The number of anilines is 1. The van der Waals surface area contributed by atoms with Crippen LogP contribution in [0.25, 0.3) is 22.0 Å². The highest BCUT2D eigenvalue weighted by molar-refractivity contribution is 14.1. The Morgan fingerprint density at radius 3 is 2.57 bits per heavy atom. The number of nitrogens with zero attached hydrogens (tertiary/aromatic N) is 3. The smallest absolute Gasteiger partial charge is 0.255 e. The Labute approximate surface area is 216 Å². The van der Waals surface area contributed by atoms with Crippen molar-refractivity contribution in [2.45, 2.75) is 6.42 Å². The first-order chi connectivity index (χ1) is 17.1. The van der Waals surface area contributed by atoms with Gasteiger partial charge in [-0.05, 0) is 106 Å². The average Bonchev–Trinajstić information content (AvgIpc) is 2.89. The lowest BCUT2D eigenvalue weighted by Crippen LogP contribution is -2.12. The maximum atomic E-state index is 12.9. The first kappa shape index (κ1) is 22.8. The summed E-state index contributed by atoms with van der Waals surface area (Å²) in [6, 6.07) is 25.3. The van der Waals surface area contributed by atoms with Gasteiger partial charge in [-0.1, -0.05) is 18.2 Å². The number of hydrogen-bond acceptors (Lipinski definition) is 5. The van der Waals surface area contributed by atoms with Crippen molar-refractivity contribution >= 4 is 50.8 Å². The van der Waals surface area contributed by atoms with Gasteiger partial charge >= 0.3 is 0 Å². The van der Waals surface area contributed by atoms with Crippen LogP contribution >= 0.6 is 22.6 Å². The molecule has 0 saturated heterocycles. The number of nitrogens with one attached hydrogen (secondary N) is 2. The second kappa shape index (κ2) is 10.1. The molecule has 170 valence electrons. The summed E-state index contributed by atoms with van der Waals surface area (Å²) in [7, 11) is 0. The van der Waals surface area contributed by atoms with Crippen molar-refractivity contribution in [3.05, 3.63) is 118 Å². The molecule has 2 heterocycles. The molecule has 0 saturated carbocycles. The molecule has 0 unspecified atom stereocenters. The average molecular weight is 569 g/mol. The predicted molar refractivity (Wildman–Crippen MR) is 146 cm³/mol. The molecule has 0 aliphatic rings. The van der Waals surface area contributed by atoms with Gasteiger partial charge in [-0.25, -0.2) is 5.53 Å². The van der Waals surface area contributed by atoms with Gasteiger partial charge < -0.3 is 5.32 Å². The van der Waals surface area contributed by atoms with Gasteiger partial charge in [0, 0.05) is 44.4 Å². The standard InChI is InChI=1S/C28H20IN5O/c29-25-17-22(6-7-26(25)34-30)28(35)33-23-5-1-3-20(16-23)24-15-19(13-18-8-11-31-12-9-18)14-21-4-2-10-32-27(21)24/h1-12,14-17,30H,13H2,(H,33,35). The van der Waals surface area contributed by atoms with Gasteiger partial charge in [0.25, 0.3) is 5.91 Å². The Bertz CT molecular complexity index is 1550. The largest absolute Gasteiger partial charge is 0.322 e. The summed E-state index contributed by atoms with van der Waals surface area (Å²) >= 11 is 2.08. The first-order valence-corrected chi connectivity index (χ1v) is 12.0. The SMILES string of the molecule is N=Nc1ccc(C(=O)Nc2cccc(-c3cc(Cc4ccncc4)cc4cccnc34)c2)cc1I. The van der Waals surface area contributed by atoms with Crippen LogP contribution in [0.2, 0.25) is 0 Å². The fraction of sp³-hybridized carbons (Fsp3) is 0.0357. The van der Waals surface area contributed by atoms with E-state index in [1.807, 2.05) is 42.5 Å². The molecule has 0 atom stereocenters. The van der Waals surface area contributed by atoms with Crippen LogP contribution in [0.4, 0.5) is 11.4 Å². The van der Waals surface area contributed by atoms with E-state index in [1.54, 1.807) is 36.8 Å². The molecule has 2 N–H and O–H groups in total. The number of halogens is 1.